The van der Waals surface area contributed by atoms with Gasteiger partial charge >= 0.3 is 5.97 Å². The first-order valence-corrected chi connectivity index (χ1v) is 12.8. The number of thiazole rings is 1. The molecule has 0 amide bonds. The Morgan fingerprint density at radius 3 is 2.16 bits per heavy atom. The molecular formula is C28H27N3O5S. The maximum atomic E-state index is 13.5. The number of ether oxygens (including phenoxy) is 3. The Kier molecular flexibility index (Phi) is 7.80. The van der Waals surface area contributed by atoms with Gasteiger partial charge in [-0.1, -0.05) is 24.3 Å². The van der Waals surface area contributed by atoms with Crippen molar-refractivity contribution in [3.8, 4) is 17.6 Å². The third kappa shape index (κ3) is 5.01. The smallest absolute Gasteiger partial charge is 0.338 e. The highest BCUT2D eigenvalue weighted by molar-refractivity contribution is 7.07. The molecule has 1 aliphatic rings. The topological polar surface area (TPSA) is 117 Å². The van der Waals surface area contributed by atoms with Crippen molar-refractivity contribution in [2.24, 2.45) is 5.73 Å². The van der Waals surface area contributed by atoms with Gasteiger partial charge in [0.2, 0.25) is 0 Å². The van der Waals surface area contributed by atoms with Gasteiger partial charge in [0, 0.05) is 0 Å². The van der Waals surface area contributed by atoms with Crippen molar-refractivity contribution < 1.29 is 19.0 Å². The number of carbonyl (C=O) groups excluding carboxylic acids is 1. The van der Waals surface area contributed by atoms with Crippen LogP contribution >= 0.6 is 11.3 Å². The third-order valence-corrected chi connectivity index (χ3v) is 6.89. The molecule has 1 unspecified atom stereocenters. The lowest BCUT2D eigenvalue weighted by atomic mass is 9.84. The van der Waals surface area contributed by atoms with Gasteiger partial charge < -0.3 is 19.9 Å². The highest BCUT2D eigenvalue weighted by Crippen LogP contribution is 2.37. The molecule has 2 heterocycles. The Balaban J connectivity index is 1.97. The predicted molar refractivity (Wildman–Crippen MR) is 142 cm³/mol. The van der Waals surface area contributed by atoms with E-state index in [9.17, 15) is 14.9 Å². The van der Waals surface area contributed by atoms with E-state index < -0.39 is 17.4 Å². The minimum atomic E-state index is -0.795. The largest absolute Gasteiger partial charge is 0.494 e. The molecule has 2 N–H and O–H groups in total. The first-order valence-electron chi connectivity index (χ1n) is 11.9. The van der Waals surface area contributed by atoms with E-state index in [1.54, 1.807) is 37.3 Å². The lowest BCUT2D eigenvalue weighted by Crippen LogP contribution is -2.40. The van der Waals surface area contributed by atoms with Crippen LogP contribution < -0.4 is 30.0 Å². The highest BCUT2D eigenvalue weighted by Gasteiger charge is 2.36. The molecule has 0 spiro atoms. The number of hydrogen-bond donors (Lipinski definition) is 1. The van der Waals surface area contributed by atoms with Crippen molar-refractivity contribution in [3.63, 3.8) is 0 Å². The molecule has 0 saturated heterocycles. The molecule has 37 heavy (non-hydrogen) atoms. The average Bonchev–Trinajstić information content (AvgIpc) is 3.21. The van der Waals surface area contributed by atoms with Gasteiger partial charge in [-0.05, 0) is 62.2 Å². The number of hydrogen-bond acceptors (Lipinski definition) is 8. The summed E-state index contributed by atoms with van der Waals surface area (Å²) in [4.78, 5) is 26.7. The number of esters is 1. The summed E-state index contributed by atoms with van der Waals surface area (Å²) in [6.07, 6.45) is 1.72. The fraction of sp³-hybridized carbons (Fsp3) is 0.250. The molecular weight excluding hydrogens is 490 g/mol. The zero-order valence-electron chi connectivity index (χ0n) is 20.8. The molecule has 1 aliphatic heterocycles. The second-order valence-electron chi connectivity index (χ2n) is 8.04. The molecule has 0 saturated carbocycles. The number of nitrogens with two attached hydrogens (primary N) is 1. The number of allylic oxidation sites excluding steroid dienone is 1. The molecule has 8 nitrogen and oxygen atoms in total. The fourth-order valence-corrected chi connectivity index (χ4v) is 5.35. The van der Waals surface area contributed by atoms with Crippen LogP contribution in [0.3, 0.4) is 0 Å². The SMILES string of the molecule is CCOC(=O)C1=c2sc(=Cc3ccc(OCC)cc3)c(=O)n2C(N)=C(C#N)C1c1ccc(OCC)cc1. The van der Waals surface area contributed by atoms with Crippen molar-refractivity contribution in [2.75, 3.05) is 19.8 Å². The van der Waals surface area contributed by atoms with Gasteiger partial charge in [-0.3, -0.25) is 9.36 Å². The molecule has 190 valence electrons. The van der Waals surface area contributed by atoms with Crippen molar-refractivity contribution >= 4 is 34.8 Å². The van der Waals surface area contributed by atoms with Crippen LogP contribution in [0.25, 0.3) is 17.5 Å². The van der Waals surface area contributed by atoms with Crippen LogP contribution in [0, 0.1) is 11.3 Å². The maximum Gasteiger partial charge on any atom is 0.338 e. The van der Waals surface area contributed by atoms with Crippen LogP contribution in [0.2, 0.25) is 0 Å². The van der Waals surface area contributed by atoms with Crippen LogP contribution in [0.1, 0.15) is 37.8 Å². The maximum absolute atomic E-state index is 13.5. The quantitative estimate of drug-likeness (QED) is 0.457. The van der Waals surface area contributed by atoms with Gasteiger partial charge in [0.05, 0.1) is 47.5 Å². The second kappa shape index (κ2) is 11.2. The molecule has 2 aromatic carbocycles. The molecule has 9 heteroatoms. The lowest BCUT2D eigenvalue weighted by molar-refractivity contribution is -0.136. The minimum Gasteiger partial charge on any atom is -0.494 e. The molecule has 1 aromatic heterocycles. The fourth-order valence-electron chi connectivity index (χ4n) is 4.19. The van der Waals surface area contributed by atoms with Crippen molar-refractivity contribution in [1.29, 1.82) is 5.26 Å². The third-order valence-electron chi connectivity index (χ3n) is 5.78. The molecule has 1 atom stereocenters. The van der Waals surface area contributed by atoms with Gasteiger partial charge in [-0.25, -0.2) is 4.79 Å². The zero-order valence-corrected chi connectivity index (χ0v) is 21.6. The van der Waals surface area contributed by atoms with Crippen LogP contribution in [-0.2, 0) is 9.53 Å². The van der Waals surface area contributed by atoms with Crippen LogP contribution in [0.4, 0.5) is 0 Å². The number of carbonyl (C=O) groups is 1. The summed E-state index contributed by atoms with van der Waals surface area (Å²) < 4.78 is 18.3. The van der Waals surface area contributed by atoms with Gasteiger partial charge in [0.1, 0.15) is 22.0 Å². The van der Waals surface area contributed by atoms with E-state index in [0.29, 0.717) is 33.7 Å². The van der Waals surface area contributed by atoms with Crippen molar-refractivity contribution in [2.45, 2.75) is 26.7 Å². The number of nitriles is 1. The van der Waals surface area contributed by atoms with E-state index >= 15 is 0 Å². The molecule has 0 fully saturated rings. The van der Waals surface area contributed by atoms with E-state index in [0.717, 1.165) is 22.6 Å². The van der Waals surface area contributed by atoms with Crippen molar-refractivity contribution in [1.82, 2.24) is 4.57 Å². The monoisotopic (exact) mass is 517 g/mol. The van der Waals surface area contributed by atoms with Gasteiger partial charge in [0.15, 0.2) is 0 Å². The standard InChI is InChI=1S/C28H27N3O5S/c1-4-34-19-11-7-17(8-12-19)15-22-26(32)31-25(30)21(16-29)23(18-9-13-20(14-10-18)35-5-2)24(27(31)37-22)28(33)36-6-3/h7-15,23H,4-6,30H2,1-3H3. The Bertz CT molecular complexity index is 1560. The average molecular weight is 518 g/mol. The van der Waals surface area contributed by atoms with E-state index in [2.05, 4.69) is 6.07 Å². The number of benzene rings is 2. The number of rotatable bonds is 8. The summed E-state index contributed by atoms with van der Waals surface area (Å²) in [6, 6.07) is 16.6. The van der Waals surface area contributed by atoms with E-state index in [4.69, 9.17) is 19.9 Å². The Morgan fingerprint density at radius 1 is 1.03 bits per heavy atom. The van der Waals surface area contributed by atoms with Crippen LogP contribution in [-0.4, -0.2) is 30.4 Å². The summed E-state index contributed by atoms with van der Waals surface area (Å²) in [5, 5.41) is 10.1. The second-order valence-corrected chi connectivity index (χ2v) is 9.07. The predicted octanol–water partition coefficient (Wildman–Crippen LogP) is 2.70. The summed E-state index contributed by atoms with van der Waals surface area (Å²) in [6.45, 7) is 6.69. The van der Waals surface area contributed by atoms with E-state index in [1.807, 2.05) is 38.1 Å². The lowest BCUT2D eigenvalue weighted by Gasteiger charge is -2.24. The summed E-state index contributed by atoms with van der Waals surface area (Å²) in [5.41, 5.74) is 7.75. The molecule has 4 rings (SSSR count). The number of fused-ring (bicyclic) bond motifs is 1. The molecule has 3 aromatic rings. The Labute approximate surface area is 218 Å². The highest BCUT2D eigenvalue weighted by atomic mass is 32.1. The zero-order chi connectivity index (χ0) is 26.5. The Morgan fingerprint density at radius 2 is 1.62 bits per heavy atom. The van der Waals surface area contributed by atoms with Gasteiger partial charge in [-0.15, -0.1) is 11.3 Å². The summed E-state index contributed by atoms with van der Waals surface area (Å²) >= 11 is 1.14. The number of aromatic nitrogens is 1. The summed E-state index contributed by atoms with van der Waals surface area (Å²) in [7, 11) is 0. The van der Waals surface area contributed by atoms with E-state index in [-0.39, 0.29) is 23.6 Å². The minimum absolute atomic E-state index is 0.00275. The molecule has 0 aliphatic carbocycles. The first kappa shape index (κ1) is 25.8. The van der Waals surface area contributed by atoms with E-state index in [1.165, 1.54) is 4.57 Å². The van der Waals surface area contributed by atoms with Crippen LogP contribution in [0.5, 0.6) is 11.5 Å². The normalized spacial score (nSPS) is 15.2. The van der Waals surface area contributed by atoms with Crippen molar-refractivity contribution in [3.05, 3.63) is 84.8 Å². The first-order chi connectivity index (χ1) is 17.9. The summed E-state index contributed by atoms with van der Waals surface area (Å²) in [5.74, 6) is -0.0170. The van der Waals surface area contributed by atoms with Gasteiger partial charge in [-0.2, -0.15) is 5.26 Å². The molecule has 0 bridgehead atoms. The van der Waals surface area contributed by atoms with Crippen LogP contribution in [0.15, 0.2) is 58.9 Å². The Hall–Kier alpha value is -4.29. The number of nitrogens with zero attached hydrogens (tertiary/aromatic N) is 2. The van der Waals surface area contributed by atoms with Gasteiger partial charge in [0.25, 0.3) is 5.56 Å². The molecule has 0 radical (unpaired) electrons.